The molecule has 1 N–H and O–H groups in total. The molecular formula is C14H23BrN4O2. The van der Waals surface area contributed by atoms with Crippen molar-refractivity contribution in [1.29, 1.82) is 0 Å². The lowest BCUT2D eigenvalue weighted by molar-refractivity contribution is 0.108. The zero-order valence-corrected chi connectivity index (χ0v) is 14.4. The van der Waals surface area contributed by atoms with E-state index in [9.17, 15) is 4.79 Å². The average molecular weight is 359 g/mol. The van der Waals surface area contributed by atoms with Crippen LogP contribution in [0.3, 0.4) is 0 Å². The minimum absolute atomic E-state index is 0.0995. The molecule has 0 radical (unpaired) electrons. The van der Waals surface area contributed by atoms with Crippen LogP contribution in [0.1, 0.15) is 13.3 Å². The number of aromatic nitrogens is 2. The monoisotopic (exact) mass is 358 g/mol. The second-order valence-corrected chi connectivity index (χ2v) is 6.50. The van der Waals surface area contributed by atoms with Gasteiger partial charge in [0.25, 0.3) is 5.56 Å². The van der Waals surface area contributed by atoms with E-state index in [1.165, 1.54) is 4.68 Å². The second-order valence-electron chi connectivity index (χ2n) is 5.71. The van der Waals surface area contributed by atoms with Crippen molar-refractivity contribution in [1.82, 2.24) is 14.7 Å². The van der Waals surface area contributed by atoms with E-state index in [1.807, 2.05) is 19.0 Å². The van der Waals surface area contributed by atoms with Crippen LogP contribution in [-0.2, 0) is 11.3 Å². The van der Waals surface area contributed by atoms with Gasteiger partial charge < -0.3 is 15.0 Å². The topological polar surface area (TPSA) is 59.4 Å². The molecule has 0 amide bonds. The average Bonchev–Trinajstić information content (AvgIpc) is 2.85. The fourth-order valence-corrected chi connectivity index (χ4v) is 2.77. The number of anilines is 1. The molecule has 7 heteroatoms. The Morgan fingerprint density at radius 3 is 2.95 bits per heavy atom. The molecule has 1 aliphatic heterocycles. The molecular weight excluding hydrogens is 336 g/mol. The number of halogens is 1. The Labute approximate surface area is 133 Å². The van der Waals surface area contributed by atoms with Crippen molar-refractivity contribution < 1.29 is 4.74 Å². The highest BCUT2D eigenvalue weighted by Crippen LogP contribution is 2.22. The van der Waals surface area contributed by atoms with Crippen LogP contribution in [-0.4, -0.2) is 54.6 Å². The third-order valence-electron chi connectivity index (χ3n) is 3.83. The van der Waals surface area contributed by atoms with E-state index in [2.05, 4.69) is 33.3 Å². The van der Waals surface area contributed by atoms with Gasteiger partial charge in [-0.25, -0.2) is 4.68 Å². The van der Waals surface area contributed by atoms with Gasteiger partial charge in [0.15, 0.2) is 0 Å². The summed E-state index contributed by atoms with van der Waals surface area (Å²) < 4.78 is 7.57. The largest absolute Gasteiger partial charge is 0.382 e. The van der Waals surface area contributed by atoms with Gasteiger partial charge in [-0.3, -0.25) is 4.79 Å². The maximum Gasteiger partial charge on any atom is 0.283 e. The van der Waals surface area contributed by atoms with Gasteiger partial charge in [-0.2, -0.15) is 5.10 Å². The van der Waals surface area contributed by atoms with Gasteiger partial charge in [-0.1, -0.05) is 0 Å². The number of likely N-dealkylation sites (N-methyl/N-ethyl adjacent to an activating group) is 1. The molecule has 0 saturated carbocycles. The van der Waals surface area contributed by atoms with Crippen LogP contribution >= 0.6 is 15.9 Å². The van der Waals surface area contributed by atoms with Crippen LogP contribution in [0.15, 0.2) is 15.5 Å². The maximum atomic E-state index is 12.2. The van der Waals surface area contributed by atoms with Gasteiger partial charge >= 0.3 is 0 Å². The van der Waals surface area contributed by atoms with Gasteiger partial charge in [0.1, 0.15) is 4.47 Å². The second kappa shape index (κ2) is 7.38. The molecule has 0 bridgehead atoms. The fourth-order valence-electron chi connectivity index (χ4n) is 2.33. The minimum atomic E-state index is -0.0995. The molecule has 0 spiro atoms. The van der Waals surface area contributed by atoms with Crippen molar-refractivity contribution in [2.24, 2.45) is 5.92 Å². The minimum Gasteiger partial charge on any atom is -0.382 e. The molecule has 0 aromatic carbocycles. The summed E-state index contributed by atoms with van der Waals surface area (Å²) in [4.78, 5) is 14.3. The lowest BCUT2D eigenvalue weighted by atomic mass is 10.0. The first kappa shape index (κ1) is 16.5. The zero-order chi connectivity index (χ0) is 15.4. The lowest BCUT2D eigenvalue weighted by Gasteiger charge is -2.17. The number of hydrogen-bond acceptors (Lipinski definition) is 5. The summed E-state index contributed by atoms with van der Waals surface area (Å²) in [6, 6.07) is 0. The normalized spacial score (nSPS) is 22.0. The van der Waals surface area contributed by atoms with Gasteiger partial charge in [0, 0.05) is 25.6 Å². The van der Waals surface area contributed by atoms with E-state index < -0.39 is 0 Å². The molecule has 1 aromatic heterocycles. The first-order valence-corrected chi connectivity index (χ1v) is 8.04. The molecule has 2 heterocycles. The highest BCUT2D eigenvalue weighted by Gasteiger charge is 2.24. The number of rotatable bonds is 6. The molecule has 0 aliphatic carbocycles. The van der Waals surface area contributed by atoms with E-state index in [0.29, 0.717) is 16.9 Å². The van der Waals surface area contributed by atoms with Crippen LogP contribution in [0.5, 0.6) is 0 Å². The highest BCUT2D eigenvalue weighted by molar-refractivity contribution is 9.10. The SMILES string of the molecule is CC1OCCC1CNc1cnn(CCN(C)C)c(=O)c1Br. The van der Waals surface area contributed by atoms with Gasteiger partial charge in [-0.05, 0) is 43.4 Å². The summed E-state index contributed by atoms with van der Waals surface area (Å²) in [5.74, 6) is 0.480. The third kappa shape index (κ3) is 4.28. The van der Waals surface area contributed by atoms with E-state index in [1.54, 1.807) is 6.20 Å². The van der Waals surface area contributed by atoms with Gasteiger partial charge in [0.05, 0.1) is 24.5 Å². The Morgan fingerprint density at radius 2 is 2.33 bits per heavy atom. The Hall–Kier alpha value is -0.920. The molecule has 21 heavy (non-hydrogen) atoms. The van der Waals surface area contributed by atoms with Crippen LogP contribution in [0, 0.1) is 5.92 Å². The fraction of sp³-hybridized carbons (Fsp3) is 0.714. The Morgan fingerprint density at radius 1 is 1.57 bits per heavy atom. The van der Waals surface area contributed by atoms with E-state index in [4.69, 9.17) is 4.74 Å². The molecule has 2 rings (SSSR count). The van der Waals surface area contributed by atoms with Crippen molar-refractivity contribution in [2.45, 2.75) is 26.0 Å². The van der Waals surface area contributed by atoms with Crippen LogP contribution in [0.2, 0.25) is 0 Å². The molecule has 1 aliphatic rings. The van der Waals surface area contributed by atoms with Gasteiger partial charge in [0.2, 0.25) is 0 Å². The van der Waals surface area contributed by atoms with E-state index in [0.717, 1.165) is 31.8 Å². The smallest absolute Gasteiger partial charge is 0.283 e. The predicted octanol–water partition coefficient (Wildman–Crippen LogP) is 1.40. The lowest BCUT2D eigenvalue weighted by Crippen LogP contribution is -2.30. The summed E-state index contributed by atoms with van der Waals surface area (Å²) >= 11 is 3.38. The predicted molar refractivity (Wildman–Crippen MR) is 86.8 cm³/mol. The number of hydrogen-bond donors (Lipinski definition) is 1. The molecule has 2 unspecified atom stereocenters. The third-order valence-corrected chi connectivity index (χ3v) is 4.60. The summed E-state index contributed by atoms with van der Waals surface area (Å²) in [6.45, 7) is 5.06. The number of nitrogens with one attached hydrogen (secondary N) is 1. The number of ether oxygens (including phenoxy) is 1. The maximum absolute atomic E-state index is 12.2. The molecule has 1 saturated heterocycles. The number of nitrogens with zero attached hydrogens (tertiary/aromatic N) is 3. The molecule has 118 valence electrons. The Bertz CT molecular complexity index is 532. The summed E-state index contributed by atoms with van der Waals surface area (Å²) in [6.07, 6.45) is 3.03. The quantitative estimate of drug-likeness (QED) is 0.832. The van der Waals surface area contributed by atoms with Crippen LogP contribution < -0.4 is 10.9 Å². The molecule has 1 aromatic rings. The first-order valence-electron chi connectivity index (χ1n) is 7.25. The van der Waals surface area contributed by atoms with E-state index in [-0.39, 0.29) is 11.7 Å². The van der Waals surface area contributed by atoms with Crippen molar-refractivity contribution in [3.05, 3.63) is 21.0 Å². The highest BCUT2D eigenvalue weighted by atomic mass is 79.9. The zero-order valence-electron chi connectivity index (χ0n) is 12.8. The molecule has 1 fully saturated rings. The summed E-state index contributed by atoms with van der Waals surface area (Å²) in [7, 11) is 3.95. The molecule has 2 atom stereocenters. The standard InChI is InChI=1S/C14H23BrN4O2/c1-10-11(4-7-21-10)8-16-12-9-17-19(6-5-18(2)3)14(20)13(12)15/h9-11,16H,4-8H2,1-3H3. The first-order chi connectivity index (χ1) is 9.99. The van der Waals surface area contributed by atoms with Crippen molar-refractivity contribution in [2.75, 3.05) is 39.1 Å². The van der Waals surface area contributed by atoms with Gasteiger partial charge in [-0.15, -0.1) is 0 Å². The van der Waals surface area contributed by atoms with Crippen LogP contribution in [0.4, 0.5) is 5.69 Å². The molecule has 6 nitrogen and oxygen atoms in total. The van der Waals surface area contributed by atoms with Crippen molar-refractivity contribution in [3.63, 3.8) is 0 Å². The Balaban J connectivity index is 2.01. The summed E-state index contributed by atoms with van der Waals surface area (Å²) in [5.41, 5.74) is 0.651. The summed E-state index contributed by atoms with van der Waals surface area (Å²) in [5, 5.41) is 7.53. The van der Waals surface area contributed by atoms with Crippen LogP contribution in [0.25, 0.3) is 0 Å². The Kier molecular flexibility index (Phi) is 5.78. The van der Waals surface area contributed by atoms with Crippen molar-refractivity contribution in [3.8, 4) is 0 Å². The van der Waals surface area contributed by atoms with Crippen molar-refractivity contribution >= 4 is 21.6 Å². The van der Waals surface area contributed by atoms with E-state index >= 15 is 0 Å².